The fraction of sp³-hybridized carbons (Fsp3) is 0.211. The first kappa shape index (κ1) is 14.4. The molecule has 0 spiro atoms. The van der Waals surface area contributed by atoms with Crippen molar-refractivity contribution in [1.82, 2.24) is 9.78 Å². The minimum atomic E-state index is 0.288. The molecule has 0 aliphatic rings. The Morgan fingerprint density at radius 3 is 2.36 bits per heavy atom. The van der Waals surface area contributed by atoms with Crippen molar-refractivity contribution in [2.24, 2.45) is 0 Å². The van der Waals surface area contributed by atoms with Crippen molar-refractivity contribution in [2.75, 3.05) is 0 Å². The van der Waals surface area contributed by atoms with E-state index >= 15 is 0 Å². The third-order valence-electron chi connectivity index (χ3n) is 3.83. The fourth-order valence-corrected chi connectivity index (χ4v) is 2.70. The summed E-state index contributed by atoms with van der Waals surface area (Å²) >= 11 is 0. The normalized spacial score (nSPS) is 10.8. The number of hydrogen-bond acceptors (Lipinski definition) is 2. The second kappa shape index (κ2) is 6.06. The molecule has 22 heavy (non-hydrogen) atoms. The molecule has 0 saturated carbocycles. The first-order valence-electron chi connectivity index (χ1n) is 7.64. The molecule has 112 valence electrons. The summed E-state index contributed by atoms with van der Waals surface area (Å²) in [5.41, 5.74) is 4.61. The summed E-state index contributed by atoms with van der Waals surface area (Å²) in [6.45, 7) is 4.17. The maximum absolute atomic E-state index is 10.7. The number of aryl methyl sites for hydroxylation is 1. The standard InChI is InChI=1S/C19H20N2O/c1-3-9-17-19(22)18(15-11-5-4-6-12-15)20-21(17)16-13-8-7-10-14(16)2/h4-8,10-13,22H,3,9H2,1-2H3. The predicted octanol–water partition coefficient (Wildman–Crippen LogP) is 4.51. The summed E-state index contributed by atoms with van der Waals surface area (Å²) in [7, 11) is 0. The molecule has 0 saturated heterocycles. The number of nitrogens with zero attached hydrogens (tertiary/aromatic N) is 2. The molecule has 0 radical (unpaired) electrons. The average molecular weight is 292 g/mol. The molecule has 1 N–H and O–H groups in total. The number of hydrogen-bond donors (Lipinski definition) is 1. The molecule has 0 amide bonds. The van der Waals surface area contributed by atoms with Gasteiger partial charge in [0, 0.05) is 5.56 Å². The summed E-state index contributed by atoms with van der Waals surface area (Å²) in [5.74, 6) is 0.288. The Morgan fingerprint density at radius 1 is 1.00 bits per heavy atom. The van der Waals surface area contributed by atoms with Crippen molar-refractivity contribution in [2.45, 2.75) is 26.7 Å². The number of benzene rings is 2. The SMILES string of the molecule is CCCc1c(O)c(-c2ccccc2)nn1-c1ccccc1C. The second-order valence-corrected chi connectivity index (χ2v) is 5.46. The molecule has 0 atom stereocenters. The van der Waals surface area contributed by atoms with Gasteiger partial charge in [-0.1, -0.05) is 61.9 Å². The van der Waals surface area contributed by atoms with Crippen LogP contribution in [-0.4, -0.2) is 14.9 Å². The van der Waals surface area contributed by atoms with Gasteiger partial charge in [0.25, 0.3) is 0 Å². The van der Waals surface area contributed by atoms with Crippen molar-refractivity contribution in [1.29, 1.82) is 0 Å². The van der Waals surface area contributed by atoms with E-state index < -0.39 is 0 Å². The highest BCUT2D eigenvalue weighted by molar-refractivity contribution is 5.68. The molecule has 1 heterocycles. The molecular formula is C19H20N2O. The zero-order valence-electron chi connectivity index (χ0n) is 13.0. The van der Waals surface area contributed by atoms with Gasteiger partial charge in [0.05, 0.1) is 11.4 Å². The van der Waals surface area contributed by atoms with Gasteiger partial charge >= 0.3 is 0 Å². The van der Waals surface area contributed by atoms with E-state index in [1.807, 2.05) is 53.2 Å². The Bertz CT molecular complexity index is 775. The van der Waals surface area contributed by atoms with Crippen LogP contribution >= 0.6 is 0 Å². The Hall–Kier alpha value is -2.55. The lowest BCUT2D eigenvalue weighted by Gasteiger charge is -2.09. The van der Waals surface area contributed by atoms with Gasteiger partial charge in [-0.2, -0.15) is 5.10 Å². The van der Waals surface area contributed by atoms with Gasteiger partial charge in [-0.25, -0.2) is 4.68 Å². The number of para-hydroxylation sites is 1. The van der Waals surface area contributed by atoms with Crippen molar-refractivity contribution in [3.63, 3.8) is 0 Å². The molecule has 0 unspecified atom stereocenters. The van der Waals surface area contributed by atoms with E-state index in [2.05, 4.69) is 19.9 Å². The van der Waals surface area contributed by atoms with Crippen LogP contribution in [0.15, 0.2) is 54.6 Å². The molecule has 0 bridgehead atoms. The summed E-state index contributed by atoms with van der Waals surface area (Å²) in [4.78, 5) is 0. The smallest absolute Gasteiger partial charge is 0.165 e. The Balaban J connectivity index is 2.20. The third kappa shape index (κ3) is 2.50. The van der Waals surface area contributed by atoms with Crippen molar-refractivity contribution >= 4 is 0 Å². The van der Waals surface area contributed by atoms with E-state index in [0.29, 0.717) is 5.69 Å². The monoisotopic (exact) mass is 292 g/mol. The minimum Gasteiger partial charge on any atom is -0.504 e. The number of aromatic hydroxyl groups is 1. The fourth-order valence-electron chi connectivity index (χ4n) is 2.70. The average Bonchev–Trinajstić information content (AvgIpc) is 2.86. The van der Waals surface area contributed by atoms with Crippen LogP contribution in [0, 0.1) is 6.92 Å². The molecule has 0 aliphatic heterocycles. The lowest BCUT2D eigenvalue weighted by atomic mass is 10.1. The molecule has 3 nitrogen and oxygen atoms in total. The van der Waals surface area contributed by atoms with Crippen molar-refractivity contribution < 1.29 is 5.11 Å². The van der Waals surface area contributed by atoms with Crippen LogP contribution in [0.3, 0.4) is 0 Å². The zero-order valence-corrected chi connectivity index (χ0v) is 13.0. The van der Waals surface area contributed by atoms with Crippen LogP contribution < -0.4 is 0 Å². The van der Waals surface area contributed by atoms with Gasteiger partial charge in [-0.15, -0.1) is 0 Å². The van der Waals surface area contributed by atoms with Crippen LogP contribution in [0.5, 0.6) is 5.75 Å². The third-order valence-corrected chi connectivity index (χ3v) is 3.83. The van der Waals surface area contributed by atoms with Gasteiger partial charge < -0.3 is 5.11 Å². The lowest BCUT2D eigenvalue weighted by Crippen LogP contribution is -2.04. The van der Waals surface area contributed by atoms with Gasteiger partial charge in [-0.05, 0) is 25.0 Å². The van der Waals surface area contributed by atoms with Gasteiger partial charge in [0.1, 0.15) is 5.69 Å². The lowest BCUT2D eigenvalue weighted by molar-refractivity contribution is 0.468. The highest BCUT2D eigenvalue weighted by atomic mass is 16.3. The van der Waals surface area contributed by atoms with Crippen LogP contribution in [-0.2, 0) is 6.42 Å². The molecule has 1 aromatic heterocycles. The first-order chi connectivity index (χ1) is 10.7. The van der Waals surface area contributed by atoms with Crippen molar-refractivity contribution in [3.8, 4) is 22.7 Å². The summed E-state index contributed by atoms with van der Waals surface area (Å²) < 4.78 is 1.89. The highest BCUT2D eigenvalue weighted by Crippen LogP contribution is 2.34. The van der Waals surface area contributed by atoms with Gasteiger partial charge in [-0.3, -0.25) is 0 Å². The van der Waals surface area contributed by atoms with Crippen LogP contribution in [0.2, 0.25) is 0 Å². The Morgan fingerprint density at radius 2 is 1.68 bits per heavy atom. The largest absolute Gasteiger partial charge is 0.504 e. The molecule has 0 aliphatic carbocycles. The van der Waals surface area contributed by atoms with Gasteiger partial charge in [0.2, 0.25) is 0 Å². The topological polar surface area (TPSA) is 38.1 Å². The van der Waals surface area contributed by atoms with E-state index in [9.17, 15) is 5.11 Å². The minimum absolute atomic E-state index is 0.288. The highest BCUT2D eigenvalue weighted by Gasteiger charge is 2.19. The van der Waals surface area contributed by atoms with Crippen LogP contribution in [0.4, 0.5) is 0 Å². The number of aromatic nitrogens is 2. The summed E-state index contributed by atoms with van der Waals surface area (Å²) in [6.07, 6.45) is 1.75. The van der Waals surface area contributed by atoms with Crippen molar-refractivity contribution in [3.05, 3.63) is 65.9 Å². The second-order valence-electron chi connectivity index (χ2n) is 5.46. The van der Waals surface area contributed by atoms with Crippen LogP contribution in [0.1, 0.15) is 24.6 Å². The van der Waals surface area contributed by atoms with E-state index in [0.717, 1.165) is 35.3 Å². The molecule has 3 aromatic rings. The molecule has 0 fully saturated rings. The van der Waals surface area contributed by atoms with E-state index in [1.165, 1.54) is 0 Å². The molecule has 3 heteroatoms. The van der Waals surface area contributed by atoms with E-state index in [1.54, 1.807) is 0 Å². The quantitative estimate of drug-likeness (QED) is 0.768. The maximum Gasteiger partial charge on any atom is 0.165 e. The first-order valence-corrected chi connectivity index (χ1v) is 7.64. The predicted molar refractivity (Wildman–Crippen MR) is 89.4 cm³/mol. The molecular weight excluding hydrogens is 272 g/mol. The van der Waals surface area contributed by atoms with Crippen LogP contribution in [0.25, 0.3) is 16.9 Å². The Labute approximate surface area is 130 Å². The Kier molecular flexibility index (Phi) is 3.96. The number of rotatable bonds is 4. The molecule has 3 rings (SSSR count). The zero-order chi connectivity index (χ0) is 15.5. The van der Waals surface area contributed by atoms with E-state index in [4.69, 9.17) is 5.10 Å². The summed E-state index contributed by atoms with van der Waals surface area (Å²) in [6, 6.07) is 17.9. The maximum atomic E-state index is 10.7. The summed E-state index contributed by atoms with van der Waals surface area (Å²) in [5, 5.41) is 15.4. The van der Waals surface area contributed by atoms with E-state index in [-0.39, 0.29) is 5.75 Å². The molecule has 2 aromatic carbocycles. The van der Waals surface area contributed by atoms with Gasteiger partial charge in [0.15, 0.2) is 5.75 Å².